The number of thioether (sulfide) groups is 1. The molecule has 1 heteroatoms. The topological polar surface area (TPSA) is 0 Å². The maximum absolute atomic E-state index is 2.30. The molecule has 3 fully saturated rings. The maximum atomic E-state index is 2.30. The SMILES string of the molecule is c1ccc(C(=C2C3CCC2C2CSCC32)c2ccccc2)cc1. The Hall–Kier alpha value is -1.47. The van der Waals surface area contributed by atoms with Gasteiger partial charge in [0, 0.05) is 0 Å². The van der Waals surface area contributed by atoms with E-state index in [4.69, 9.17) is 0 Å². The standard InChI is InChI=1S/C22H22S/c1-3-7-15(8-4-1)21(16-9-5-2-6-10-16)22-17-11-12-18(22)20-14-23-13-19(17)20/h1-10,17-20H,11-14H2. The summed E-state index contributed by atoms with van der Waals surface area (Å²) in [7, 11) is 0. The smallest absolute Gasteiger partial charge is 0.00301 e. The van der Waals surface area contributed by atoms with Gasteiger partial charge in [0.05, 0.1) is 0 Å². The number of benzene rings is 2. The van der Waals surface area contributed by atoms with Crippen LogP contribution in [0, 0.1) is 23.7 Å². The zero-order valence-electron chi connectivity index (χ0n) is 13.3. The molecule has 1 aliphatic heterocycles. The van der Waals surface area contributed by atoms with Crippen molar-refractivity contribution in [1.82, 2.24) is 0 Å². The molecule has 116 valence electrons. The van der Waals surface area contributed by atoms with Crippen molar-refractivity contribution < 1.29 is 0 Å². The van der Waals surface area contributed by atoms with Crippen molar-refractivity contribution in [2.24, 2.45) is 23.7 Å². The fourth-order valence-corrected chi connectivity index (χ4v) is 6.97. The first-order valence-electron chi connectivity index (χ1n) is 8.86. The van der Waals surface area contributed by atoms with Crippen LogP contribution >= 0.6 is 11.8 Å². The van der Waals surface area contributed by atoms with Crippen LogP contribution in [0.15, 0.2) is 66.2 Å². The molecule has 0 aromatic heterocycles. The molecule has 1 heterocycles. The van der Waals surface area contributed by atoms with Gasteiger partial charge in [0.2, 0.25) is 0 Å². The van der Waals surface area contributed by atoms with Gasteiger partial charge in [0.25, 0.3) is 0 Å². The maximum Gasteiger partial charge on any atom is -0.00301 e. The zero-order chi connectivity index (χ0) is 15.2. The van der Waals surface area contributed by atoms with Crippen molar-refractivity contribution in [2.75, 3.05) is 11.5 Å². The molecule has 5 rings (SSSR count). The lowest BCUT2D eigenvalue weighted by Gasteiger charge is -2.21. The summed E-state index contributed by atoms with van der Waals surface area (Å²) in [6, 6.07) is 22.2. The van der Waals surface area contributed by atoms with E-state index in [1.165, 1.54) is 35.5 Å². The van der Waals surface area contributed by atoms with Crippen LogP contribution in [0.4, 0.5) is 0 Å². The van der Waals surface area contributed by atoms with Crippen LogP contribution < -0.4 is 0 Å². The van der Waals surface area contributed by atoms with Gasteiger partial charge in [-0.3, -0.25) is 0 Å². The molecule has 4 atom stereocenters. The van der Waals surface area contributed by atoms with Crippen LogP contribution in [0.25, 0.3) is 5.57 Å². The van der Waals surface area contributed by atoms with Crippen molar-refractivity contribution in [3.63, 3.8) is 0 Å². The van der Waals surface area contributed by atoms with E-state index in [0.717, 1.165) is 23.7 Å². The fourth-order valence-electron chi connectivity index (χ4n) is 5.33. The van der Waals surface area contributed by atoms with E-state index >= 15 is 0 Å². The molecule has 2 aromatic rings. The Balaban J connectivity index is 1.72. The predicted octanol–water partition coefficient (Wildman–Crippen LogP) is 5.51. The van der Waals surface area contributed by atoms with Gasteiger partial charge in [-0.05, 0) is 64.7 Å². The third-order valence-electron chi connectivity index (χ3n) is 6.21. The number of rotatable bonds is 2. The van der Waals surface area contributed by atoms with Crippen LogP contribution in [-0.2, 0) is 0 Å². The van der Waals surface area contributed by atoms with Gasteiger partial charge in [-0.15, -0.1) is 0 Å². The van der Waals surface area contributed by atoms with E-state index in [-0.39, 0.29) is 0 Å². The largest absolute Gasteiger partial charge is 0.161 e. The fraction of sp³-hybridized carbons (Fsp3) is 0.364. The predicted molar refractivity (Wildman–Crippen MR) is 99.4 cm³/mol. The summed E-state index contributed by atoms with van der Waals surface area (Å²) >= 11 is 2.20. The minimum Gasteiger partial charge on any atom is -0.161 e. The van der Waals surface area contributed by atoms with Crippen LogP contribution in [-0.4, -0.2) is 11.5 Å². The highest BCUT2D eigenvalue weighted by molar-refractivity contribution is 7.99. The Bertz CT molecular complexity index is 670. The summed E-state index contributed by atoms with van der Waals surface area (Å²) in [6.45, 7) is 0. The Labute approximate surface area is 143 Å². The second-order valence-corrected chi connectivity index (χ2v) is 8.29. The van der Waals surface area contributed by atoms with Gasteiger partial charge in [-0.25, -0.2) is 0 Å². The molecule has 3 aliphatic rings. The lowest BCUT2D eigenvalue weighted by Crippen LogP contribution is -2.19. The second kappa shape index (κ2) is 5.56. The Morgan fingerprint density at radius 1 is 0.696 bits per heavy atom. The molecular weight excluding hydrogens is 296 g/mol. The summed E-state index contributed by atoms with van der Waals surface area (Å²) in [5.41, 5.74) is 6.19. The minimum atomic E-state index is 0.843. The first kappa shape index (κ1) is 13.9. The molecule has 2 bridgehead atoms. The third-order valence-corrected chi connectivity index (χ3v) is 7.45. The third kappa shape index (κ3) is 2.13. The first-order valence-corrected chi connectivity index (χ1v) is 10.0. The second-order valence-electron chi connectivity index (χ2n) is 7.22. The van der Waals surface area contributed by atoms with Crippen molar-refractivity contribution in [3.05, 3.63) is 77.4 Å². The van der Waals surface area contributed by atoms with Crippen molar-refractivity contribution >= 4 is 17.3 Å². The molecule has 0 amide bonds. The highest BCUT2D eigenvalue weighted by Crippen LogP contribution is 2.62. The Morgan fingerprint density at radius 3 is 1.65 bits per heavy atom. The number of allylic oxidation sites excluding steroid dienone is 1. The molecule has 0 nitrogen and oxygen atoms in total. The molecule has 2 aliphatic carbocycles. The van der Waals surface area contributed by atoms with Gasteiger partial charge in [-0.2, -0.15) is 11.8 Å². The first-order chi connectivity index (χ1) is 11.4. The lowest BCUT2D eigenvalue weighted by molar-refractivity contribution is 0.281. The van der Waals surface area contributed by atoms with Crippen molar-refractivity contribution in [2.45, 2.75) is 12.8 Å². The summed E-state index contributed by atoms with van der Waals surface area (Å²) < 4.78 is 0. The lowest BCUT2D eigenvalue weighted by atomic mass is 9.82. The molecule has 1 saturated heterocycles. The highest BCUT2D eigenvalue weighted by Gasteiger charge is 2.53. The summed E-state index contributed by atoms with van der Waals surface area (Å²) in [6.07, 6.45) is 2.84. The number of fused-ring (bicyclic) bond motifs is 5. The minimum absolute atomic E-state index is 0.843. The van der Waals surface area contributed by atoms with Crippen molar-refractivity contribution in [3.8, 4) is 0 Å². The molecule has 2 aromatic carbocycles. The van der Waals surface area contributed by atoms with Crippen LogP contribution in [0.1, 0.15) is 24.0 Å². The van der Waals surface area contributed by atoms with Crippen LogP contribution in [0.5, 0.6) is 0 Å². The average Bonchev–Trinajstić information content (AvgIpc) is 3.30. The van der Waals surface area contributed by atoms with Gasteiger partial charge in [-0.1, -0.05) is 66.2 Å². The van der Waals surface area contributed by atoms with E-state index in [2.05, 4.69) is 72.4 Å². The number of hydrogen-bond donors (Lipinski definition) is 0. The molecule has 23 heavy (non-hydrogen) atoms. The van der Waals surface area contributed by atoms with Crippen molar-refractivity contribution in [1.29, 1.82) is 0 Å². The Morgan fingerprint density at radius 2 is 1.17 bits per heavy atom. The van der Waals surface area contributed by atoms with Gasteiger partial charge < -0.3 is 0 Å². The molecule has 0 radical (unpaired) electrons. The van der Waals surface area contributed by atoms with Gasteiger partial charge in [0.15, 0.2) is 0 Å². The van der Waals surface area contributed by atoms with E-state index in [1.54, 1.807) is 11.1 Å². The molecule has 0 N–H and O–H groups in total. The van der Waals surface area contributed by atoms with E-state index in [0.29, 0.717) is 0 Å². The normalized spacial score (nSPS) is 31.4. The molecule has 4 unspecified atom stereocenters. The summed E-state index contributed by atoms with van der Waals surface area (Å²) in [5, 5.41) is 0. The molecular formula is C22H22S. The van der Waals surface area contributed by atoms with Crippen LogP contribution in [0.2, 0.25) is 0 Å². The Kier molecular flexibility index (Phi) is 3.37. The van der Waals surface area contributed by atoms with E-state index < -0.39 is 0 Å². The molecule has 2 saturated carbocycles. The molecule has 0 spiro atoms. The summed E-state index contributed by atoms with van der Waals surface area (Å²) in [4.78, 5) is 0. The quantitative estimate of drug-likeness (QED) is 0.704. The zero-order valence-corrected chi connectivity index (χ0v) is 14.1. The van der Waals surface area contributed by atoms with Gasteiger partial charge in [0.1, 0.15) is 0 Å². The highest BCUT2D eigenvalue weighted by atomic mass is 32.2. The monoisotopic (exact) mass is 318 g/mol. The van der Waals surface area contributed by atoms with Gasteiger partial charge >= 0.3 is 0 Å². The average molecular weight is 318 g/mol. The summed E-state index contributed by atoms with van der Waals surface area (Å²) in [5.74, 6) is 6.39. The number of hydrogen-bond acceptors (Lipinski definition) is 1. The van der Waals surface area contributed by atoms with E-state index in [1.807, 2.05) is 0 Å². The van der Waals surface area contributed by atoms with Crippen LogP contribution in [0.3, 0.4) is 0 Å². The van der Waals surface area contributed by atoms with E-state index in [9.17, 15) is 0 Å².